The molecule has 4 heteroatoms. The molecule has 1 heterocycles. The zero-order valence-electron chi connectivity index (χ0n) is 14.0. The van der Waals surface area contributed by atoms with E-state index in [1.54, 1.807) is 6.20 Å². The standard InChI is InChI=1S/C22H16ClN2P/c23-22-24-15-14-21(25-22)17-8-7-13-20(16-17)26(18-9-3-1-4-10-18)19-11-5-2-6-12-19/h1-16H. The molecule has 4 aromatic rings. The highest BCUT2D eigenvalue weighted by molar-refractivity contribution is 7.79. The fraction of sp³-hybridized carbons (Fsp3) is 0. The Morgan fingerprint density at radius 3 is 1.88 bits per heavy atom. The number of nitrogens with zero attached hydrogens (tertiary/aromatic N) is 2. The summed E-state index contributed by atoms with van der Waals surface area (Å²) in [4.78, 5) is 8.33. The van der Waals surface area contributed by atoms with Crippen LogP contribution >= 0.6 is 19.5 Å². The van der Waals surface area contributed by atoms with Crippen molar-refractivity contribution in [1.82, 2.24) is 9.97 Å². The number of rotatable bonds is 4. The van der Waals surface area contributed by atoms with Crippen LogP contribution in [-0.2, 0) is 0 Å². The molecule has 0 saturated heterocycles. The first-order chi connectivity index (χ1) is 12.8. The Kier molecular flexibility index (Phi) is 5.06. The second kappa shape index (κ2) is 7.78. The van der Waals surface area contributed by atoms with E-state index >= 15 is 0 Å². The van der Waals surface area contributed by atoms with E-state index in [2.05, 4.69) is 94.9 Å². The number of hydrogen-bond acceptors (Lipinski definition) is 2. The maximum atomic E-state index is 5.97. The molecule has 2 nitrogen and oxygen atoms in total. The Morgan fingerprint density at radius 1 is 0.654 bits per heavy atom. The van der Waals surface area contributed by atoms with Crippen LogP contribution in [0, 0.1) is 0 Å². The minimum absolute atomic E-state index is 0.265. The van der Waals surface area contributed by atoms with Crippen molar-refractivity contribution in [3.05, 3.63) is 102 Å². The van der Waals surface area contributed by atoms with Crippen LogP contribution in [-0.4, -0.2) is 9.97 Å². The van der Waals surface area contributed by atoms with Crippen LogP contribution in [0.25, 0.3) is 11.3 Å². The normalized spacial score (nSPS) is 10.8. The van der Waals surface area contributed by atoms with Gasteiger partial charge in [-0.1, -0.05) is 78.9 Å². The summed E-state index contributed by atoms with van der Waals surface area (Å²) in [6.07, 6.45) is 1.69. The van der Waals surface area contributed by atoms with E-state index in [0.29, 0.717) is 0 Å². The van der Waals surface area contributed by atoms with Gasteiger partial charge in [0, 0.05) is 11.8 Å². The fourth-order valence-electron chi connectivity index (χ4n) is 2.90. The number of benzene rings is 3. The number of hydrogen-bond donors (Lipinski definition) is 0. The highest BCUT2D eigenvalue weighted by Gasteiger charge is 2.16. The summed E-state index contributed by atoms with van der Waals surface area (Å²) in [5.74, 6) is 0. The molecular weight excluding hydrogens is 359 g/mol. The Balaban J connectivity index is 1.83. The molecule has 4 rings (SSSR count). The third kappa shape index (κ3) is 3.67. The van der Waals surface area contributed by atoms with Crippen LogP contribution in [0.3, 0.4) is 0 Å². The molecule has 1 aromatic heterocycles. The van der Waals surface area contributed by atoms with E-state index in [-0.39, 0.29) is 5.28 Å². The molecule has 0 aliphatic carbocycles. The molecule has 126 valence electrons. The Hall–Kier alpha value is -2.54. The van der Waals surface area contributed by atoms with E-state index < -0.39 is 7.92 Å². The third-order valence-corrected chi connectivity index (χ3v) is 6.66. The molecule has 0 aliphatic heterocycles. The smallest absolute Gasteiger partial charge is 0.222 e. The Labute approximate surface area is 159 Å². The predicted octanol–water partition coefficient (Wildman–Crippen LogP) is 4.56. The van der Waals surface area contributed by atoms with E-state index in [1.807, 2.05) is 6.07 Å². The molecule has 0 bridgehead atoms. The van der Waals surface area contributed by atoms with E-state index in [1.165, 1.54) is 15.9 Å². The van der Waals surface area contributed by atoms with Gasteiger partial charge in [-0.05, 0) is 47.6 Å². The maximum Gasteiger partial charge on any atom is 0.222 e. The molecule has 0 saturated carbocycles. The first-order valence-electron chi connectivity index (χ1n) is 8.30. The average Bonchev–Trinajstić information content (AvgIpc) is 2.70. The molecule has 0 unspecified atom stereocenters. The van der Waals surface area contributed by atoms with Crippen LogP contribution in [0.5, 0.6) is 0 Å². The Bertz CT molecular complexity index is 967. The zero-order valence-corrected chi connectivity index (χ0v) is 15.6. The van der Waals surface area contributed by atoms with Crippen molar-refractivity contribution in [2.75, 3.05) is 0 Å². The van der Waals surface area contributed by atoms with E-state index in [9.17, 15) is 0 Å². The average molecular weight is 375 g/mol. The summed E-state index contributed by atoms with van der Waals surface area (Å²) in [6, 6.07) is 31.8. The van der Waals surface area contributed by atoms with Crippen LogP contribution in [0.2, 0.25) is 5.28 Å². The fourth-order valence-corrected chi connectivity index (χ4v) is 5.39. The van der Waals surface area contributed by atoms with Gasteiger partial charge in [-0.2, -0.15) is 0 Å². The highest BCUT2D eigenvalue weighted by Crippen LogP contribution is 2.33. The molecule has 0 spiro atoms. The summed E-state index contributed by atoms with van der Waals surface area (Å²) >= 11 is 5.97. The minimum Gasteiger partial charge on any atom is -0.226 e. The van der Waals surface area contributed by atoms with Gasteiger partial charge in [-0.3, -0.25) is 0 Å². The van der Waals surface area contributed by atoms with Gasteiger partial charge in [0.2, 0.25) is 5.28 Å². The second-order valence-corrected chi connectivity index (χ2v) is 8.33. The molecule has 0 amide bonds. The quantitative estimate of drug-likeness (QED) is 0.386. The highest BCUT2D eigenvalue weighted by atomic mass is 35.5. The van der Waals surface area contributed by atoms with Crippen LogP contribution in [0.1, 0.15) is 0 Å². The lowest BCUT2D eigenvalue weighted by Crippen LogP contribution is -2.20. The molecular formula is C22H16ClN2P. The van der Waals surface area contributed by atoms with Crippen molar-refractivity contribution in [3.63, 3.8) is 0 Å². The largest absolute Gasteiger partial charge is 0.226 e. The van der Waals surface area contributed by atoms with Gasteiger partial charge in [-0.25, -0.2) is 9.97 Å². The summed E-state index contributed by atoms with van der Waals surface area (Å²) in [5.41, 5.74) is 1.88. The van der Waals surface area contributed by atoms with Gasteiger partial charge in [-0.15, -0.1) is 0 Å². The molecule has 0 radical (unpaired) electrons. The van der Waals surface area contributed by atoms with E-state index in [4.69, 9.17) is 11.6 Å². The minimum atomic E-state index is -0.637. The lowest BCUT2D eigenvalue weighted by molar-refractivity contribution is 1.17. The van der Waals surface area contributed by atoms with Gasteiger partial charge in [0.1, 0.15) is 0 Å². The van der Waals surface area contributed by atoms with Gasteiger partial charge in [0.05, 0.1) is 5.69 Å². The van der Waals surface area contributed by atoms with Gasteiger partial charge in [0.15, 0.2) is 0 Å². The summed E-state index contributed by atoms with van der Waals surface area (Å²) in [7, 11) is -0.637. The third-order valence-electron chi connectivity index (χ3n) is 4.06. The van der Waals surface area contributed by atoms with Gasteiger partial charge in [0.25, 0.3) is 0 Å². The summed E-state index contributed by atoms with van der Waals surface area (Å²) < 4.78 is 0. The lowest BCUT2D eigenvalue weighted by Gasteiger charge is -2.20. The molecule has 26 heavy (non-hydrogen) atoms. The van der Waals surface area contributed by atoms with Crippen LogP contribution in [0.4, 0.5) is 0 Å². The number of halogens is 1. The van der Waals surface area contributed by atoms with Gasteiger partial charge < -0.3 is 0 Å². The first kappa shape index (κ1) is 16.9. The van der Waals surface area contributed by atoms with Crippen LogP contribution < -0.4 is 15.9 Å². The predicted molar refractivity (Wildman–Crippen MR) is 111 cm³/mol. The number of aromatic nitrogens is 2. The van der Waals surface area contributed by atoms with Crippen molar-refractivity contribution < 1.29 is 0 Å². The monoisotopic (exact) mass is 374 g/mol. The maximum absolute atomic E-state index is 5.97. The zero-order chi connectivity index (χ0) is 17.8. The van der Waals surface area contributed by atoms with Crippen molar-refractivity contribution in [2.45, 2.75) is 0 Å². The van der Waals surface area contributed by atoms with Crippen molar-refractivity contribution >= 4 is 35.4 Å². The SMILES string of the molecule is Clc1nccc(-c2cccc(P(c3ccccc3)c3ccccc3)c2)n1. The topological polar surface area (TPSA) is 25.8 Å². The molecule has 0 atom stereocenters. The lowest BCUT2D eigenvalue weighted by atomic mass is 10.1. The Morgan fingerprint density at radius 2 is 1.27 bits per heavy atom. The summed E-state index contributed by atoms with van der Waals surface area (Å²) in [6.45, 7) is 0. The van der Waals surface area contributed by atoms with Crippen LogP contribution in [0.15, 0.2) is 97.2 Å². The molecule has 0 N–H and O–H groups in total. The first-order valence-corrected chi connectivity index (χ1v) is 10.0. The van der Waals surface area contributed by atoms with Crippen molar-refractivity contribution in [1.29, 1.82) is 0 Å². The van der Waals surface area contributed by atoms with Crippen molar-refractivity contribution in [2.24, 2.45) is 0 Å². The van der Waals surface area contributed by atoms with Crippen molar-refractivity contribution in [3.8, 4) is 11.3 Å². The van der Waals surface area contributed by atoms with Gasteiger partial charge >= 0.3 is 0 Å². The second-order valence-electron chi connectivity index (χ2n) is 5.77. The molecule has 0 aliphatic rings. The summed E-state index contributed by atoms with van der Waals surface area (Å²) in [5, 5.41) is 4.20. The molecule has 3 aromatic carbocycles. The molecule has 0 fully saturated rings. The van der Waals surface area contributed by atoms with E-state index in [0.717, 1.165) is 11.3 Å².